The van der Waals surface area contributed by atoms with Crippen molar-refractivity contribution < 1.29 is 9.59 Å². The first-order chi connectivity index (χ1) is 11.2. The van der Waals surface area contributed by atoms with E-state index in [1.165, 1.54) is 6.20 Å². The number of hydrogen-bond acceptors (Lipinski definition) is 5. The highest BCUT2D eigenvalue weighted by molar-refractivity contribution is 5.94. The minimum Gasteiger partial charge on any atom is -0.348 e. The smallest absolute Gasteiger partial charge is 0.253 e. The largest absolute Gasteiger partial charge is 0.348 e. The summed E-state index contributed by atoms with van der Waals surface area (Å²) in [4.78, 5) is 30.2. The highest BCUT2D eigenvalue weighted by atomic mass is 16.2. The summed E-state index contributed by atoms with van der Waals surface area (Å²) in [6.45, 7) is 1.19. The van der Waals surface area contributed by atoms with Crippen molar-refractivity contribution in [1.82, 2.24) is 20.5 Å². The van der Waals surface area contributed by atoms with Gasteiger partial charge in [0.05, 0.1) is 17.7 Å². The molecule has 0 aromatic carbocycles. The number of pyridine rings is 1. The van der Waals surface area contributed by atoms with E-state index in [1.807, 2.05) is 0 Å². The Kier molecular flexibility index (Phi) is 4.53. The molecular formula is C16H19N5O2. The number of nitrogens with one attached hydrogen (secondary N) is 2. The first-order valence-corrected chi connectivity index (χ1v) is 7.83. The molecule has 0 spiro atoms. The second-order valence-corrected chi connectivity index (χ2v) is 5.93. The van der Waals surface area contributed by atoms with Crippen LogP contribution in [0.1, 0.15) is 29.6 Å². The van der Waals surface area contributed by atoms with Crippen LogP contribution < -0.4 is 10.6 Å². The van der Waals surface area contributed by atoms with E-state index in [1.54, 1.807) is 23.2 Å². The molecule has 2 N–H and O–H groups in total. The molecule has 2 amide bonds. The maximum absolute atomic E-state index is 12.5. The molecule has 0 aliphatic carbocycles. The van der Waals surface area contributed by atoms with Gasteiger partial charge in [-0.3, -0.25) is 14.6 Å². The molecule has 3 rings (SSSR count). The fourth-order valence-corrected chi connectivity index (χ4v) is 3.16. The summed E-state index contributed by atoms with van der Waals surface area (Å²) >= 11 is 0. The van der Waals surface area contributed by atoms with Crippen LogP contribution >= 0.6 is 0 Å². The van der Waals surface area contributed by atoms with Crippen molar-refractivity contribution in [2.24, 2.45) is 0 Å². The minimum absolute atomic E-state index is 0.0350. The molecule has 3 atom stereocenters. The monoisotopic (exact) mass is 313 g/mol. The molecule has 1 aromatic rings. The van der Waals surface area contributed by atoms with Crippen LogP contribution in [0, 0.1) is 11.3 Å². The van der Waals surface area contributed by atoms with Crippen LogP contribution in [-0.2, 0) is 4.79 Å². The summed E-state index contributed by atoms with van der Waals surface area (Å²) in [6, 6.07) is 4.86. The summed E-state index contributed by atoms with van der Waals surface area (Å²) in [7, 11) is 0. The summed E-state index contributed by atoms with van der Waals surface area (Å²) < 4.78 is 0. The molecule has 2 saturated heterocycles. The van der Waals surface area contributed by atoms with Crippen LogP contribution in [0.15, 0.2) is 24.5 Å². The van der Waals surface area contributed by atoms with Crippen molar-refractivity contribution in [2.75, 3.05) is 13.1 Å². The van der Waals surface area contributed by atoms with E-state index >= 15 is 0 Å². The molecule has 1 unspecified atom stereocenters. The lowest BCUT2D eigenvalue weighted by Crippen LogP contribution is -2.45. The Hall–Kier alpha value is -2.46. The van der Waals surface area contributed by atoms with Gasteiger partial charge in [0, 0.05) is 31.5 Å². The van der Waals surface area contributed by atoms with Crippen molar-refractivity contribution in [3.8, 4) is 6.07 Å². The first-order valence-electron chi connectivity index (χ1n) is 7.83. The normalized spacial score (nSPS) is 26.7. The van der Waals surface area contributed by atoms with Gasteiger partial charge >= 0.3 is 0 Å². The molecule has 23 heavy (non-hydrogen) atoms. The Morgan fingerprint density at radius 3 is 3.09 bits per heavy atom. The Bertz CT molecular complexity index is 627. The van der Waals surface area contributed by atoms with Crippen molar-refractivity contribution >= 4 is 11.8 Å². The van der Waals surface area contributed by atoms with Crippen LogP contribution in [0.5, 0.6) is 0 Å². The number of aromatic nitrogens is 1. The molecule has 0 saturated carbocycles. The highest BCUT2D eigenvalue weighted by Gasteiger charge is 2.37. The maximum Gasteiger partial charge on any atom is 0.253 e. The molecule has 0 radical (unpaired) electrons. The molecule has 7 heteroatoms. The Balaban J connectivity index is 1.55. The van der Waals surface area contributed by atoms with E-state index in [2.05, 4.69) is 21.7 Å². The van der Waals surface area contributed by atoms with Gasteiger partial charge in [-0.25, -0.2) is 0 Å². The van der Waals surface area contributed by atoms with Gasteiger partial charge in [0.1, 0.15) is 6.04 Å². The fourth-order valence-electron chi connectivity index (χ4n) is 3.16. The van der Waals surface area contributed by atoms with Crippen molar-refractivity contribution in [2.45, 2.75) is 37.4 Å². The van der Waals surface area contributed by atoms with Gasteiger partial charge in [-0.2, -0.15) is 5.26 Å². The van der Waals surface area contributed by atoms with Crippen molar-refractivity contribution in [3.63, 3.8) is 0 Å². The van der Waals surface area contributed by atoms with E-state index < -0.39 is 0 Å². The summed E-state index contributed by atoms with van der Waals surface area (Å²) in [5.74, 6) is -0.221. The van der Waals surface area contributed by atoms with Gasteiger partial charge in [-0.15, -0.1) is 0 Å². The number of amides is 2. The second-order valence-electron chi connectivity index (χ2n) is 5.93. The summed E-state index contributed by atoms with van der Waals surface area (Å²) in [5, 5.41) is 15.2. The predicted molar refractivity (Wildman–Crippen MR) is 82.2 cm³/mol. The van der Waals surface area contributed by atoms with Gasteiger partial charge in [-0.05, 0) is 31.4 Å². The SMILES string of the molecule is N#CC1CCCN1C(=O)[C@@H]1C[C@H](NC(=O)c2cccnc2)CN1. The molecule has 3 heterocycles. The quantitative estimate of drug-likeness (QED) is 0.822. The van der Waals surface area contributed by atoms with Gasteiger partial charge in [-0.1, -0.05) is 0 Å². The zero-order chi connectivity index (χ0) is 16.2. The average Bonchev–Trinajstić information content (AvgIpc) is 3.24. The van der Waals surface area contributed by atoms with E-state index in [9.17, 15) is 9.59 Å². The number of rotatable bonds is 3. The number of carbonyl (C=O) groups is 2. The standard InChI is InChI=1S/C16H19N5O2/c17-8-13-4-2-6-21(13)16(23)14-7-12(10-19-14)20-15(22)11-3-1-5-18-9-11/h1,3,5,9,12-14,19H,2,4,6-7,10H2,(H,20,22)/t12-,13?,14-/m0/s1. The summed E-state index contributed by atoms with van der Waals surface area (Å²) in [5.41, 5.74) is 0.506. The fraction of sp³-hybridized carbons (Fsp3) is 0.500. The highest BCUT2D eigenvalue weighted by Crippen LogP contribution is 2.20. The van der Waals surface area contributed by atoms with Gasteiger partial charge < -0.3 is 15.5 Å². The topological polar surface area (TPSA) is 98.1 Å². The Labute approximate surface area is 134 Å². The molecule has 1 aromatic heterocycles. The van der Waals surface area contributed by atoms with E-state index in [-0.39, 0.29) is 29.9 Å². The van der Waals surface area contributed by atoms with Crippen LogP contribution in [0.2, 0.25) is 0 Å². The molecular weight excluding hydrogens is 294 g/mol. The molecule has 0 bridgehead atoms. The van der Waals surface area contributed by atoms with Crippen LogP contribution in [0.4, 0.5) is 0 Å². The third-order valence-corrected chi connectivity index (χ3v) is 4.37. The third kappa shape index (κ3) is 3.32. The number of likely N-dealkylation sites (tertiary alicyclic amines) is 1. The number of nitriles is 1. The number of carbonyl (C=O) groups excluding carboxylic acids is 2. The summed E-state index contributed by atoms with van der Waals surface area (Å²) in [6.07, 6.45) is 5.29. The van der Waals surface area contributed by atoms with Crippen LogP contribution in [0.25, 0.3) is 0 Å². The zero-order valence-corrected chi connectivity index (χ0v) is 12.7. The molecule has 120 valence electrons. The second kappa shape index (κ2) is 6.75. The average molecular weight is 313 g/mol. The van der Waals surface area contributed by atoms with Gasteiger partial charge in [0.15, 0.2) is 0 Å². The van der Waals surface area contributed by atoms with Crippen molar-refractivity contribution in [3.05, 3.63) is 30.1 Å². The Morgan fingerprint density at radius 1 is 1.48 bits per heavy atom. The lowest BCUT2D eigenvalue weighted by Gasteiger charge is -2.23. The lowest BCUT2D eigenvalue weighted by atomic mass is 10.1. The third-order valence-electron chi connectivity index (χ3n) is 4.37. The van der Waals surface area contributed by atoms with E-state index in [0.29, 0.717) is 25.1 Å². The maximum atomic E-state index is 12.5. The predicted octanol–water partition coefficient (Wildman–Crippen LogP) is 0.0565. The van der Waals surface area contributed by atoms with Crippen LogP contribution in [0.3, 0.4) is 0 Å². The van der Waals surface area contributed by atoms with Crippen LogP contribution in [-0.4, -0.2) is 52.9 Å². The first kappa shape index (κ1) is 15.4. The molecule has 7 nitrogen and oxygen atoms in total. The molecule has 2 aliphatic rings. The van der Waals surface area contributed by atoms with Gasteiger partial charge in [0.25, 0.3) is 5.91 Å². The van der Waals surface area contributed by atoms with Crippen molar-refractivity contribution in [1.29, 1.82) is 5.26 Å². The van der Waals surface area contributed by atoms with Gasteiger partial charge in [0.2, 0.25) is 5.91 Å². The molecule has 2 aliphatic heterocycles. The lowest BCUT2D eigenvalue weighted by molar-refractivity contribution is -0.133. The van der Waals surface area contributed by atoms with E-state index in [4.69, 9.17) is 5.26 Å². The zero-order valence-electron chi connectivity index (χ0n) is 12.7. The van der Waals surface area contributed by atoms with E-state index in [0.717, 1.165) is 12.8 Å². The molecule has 2 fully saturated rings. The minimum atomic E-state index is -0.330. The Morgan fingerprint density at radius 2 is 2.35 bits per heavy atom. The number of nitrogens with zero attached hydrogens (tertiary/aromatic N) is 3. The number of hydrogen-bond donors (Lipinski definition) is 2.